The van der Waals surface area contributed by atoms with Crippen molar-refractivity contribution in [3.63, 3.8) is 0 Å². The van der Waals surface area contributed by atoms with Crippen LogP contribution in [-0.4, -0.2) is 41.6 Å². The summed E-state index contributed by atoms with van der Waals surface area (Å²) in [5.74, 6) is -0.894. The van der Waals surface area contributed by atoms with E-state index < -0.39 is 30.3 Å². The van der Waals surface area contributed by atoms with E-state index >= 15 is 0 Å². The van der Waals surface area contributed by atoms with Crippen molar-refractivity contribution < 1.29 is 24.4 Å². The van der Waals surface area contributed by atoms with Gasteiger partial charge in [-0.3, -0.25) is 9.59 Å². The van der Waals surface area contributed by atoms with Crippen molar-refractivity contribution in [1.29, 1.82) is 0 Å². The molecular weight excluding hydrogens is 347 g/mol. The molecule has 1 aromatic rings. The highest BCUT2D eigenvalue weighted by Crippen LogP contribution is 2.34. The molecule has 1 aliphatic carbocycles. The summed E-state index contributed by atoms with van der Waals surface area (Å²) in [7, 11) is -0.0507. The van der Waals surface area contributed by atoms with Crippen LogP contribution in [0.2, 0.25) is 5.82 Å². The van der Waals surface area contributed by atoms with Gasteiger partial charge in [-0.25, -0.2) is 0 Å². The minimum atomic E-state index is -1.62. The summed E-state index contributed by atoms with van der Waals surface area (Å²) >= 11 is 0. The summed E-state index contributed by atoms with van der Waals surface area (Å²) in [6, 6.07) is 7.28. The largest absolute Gasteiger partial charge is 0.497 e. The number of hydrogen-bond donors (Lipinski definition) is 4. The number of carbonyl (C=O) groups excluding carboxylic acids is 2. The number of hydrogen-bond acceptors (Lipinski definition) is 5. The predicted molar refractivity (Wildman–Crippen MR) is 103 cm³/mol. The first-order valence-corrected chi connectivity index (χ1v) is 8.83. The number of benzene rings is 1. The second kappa shape index (κ2) is 9.39. The van der Waals surface area contributed by atoms with Gasteiger partial charge >= 0.3 is 7.12 Å². The van der Waals surface area contributed by atoms with Crippen molar-refractivity contribution in [3.8, 4) is 5.75 Å². The highest BCUT2D eigenvalue weighted by Gasteiger charge is 2.42. The molecule has 4 N–H and O–H groups in total. The molecule has 0 fully saturated rings. The second-order valence-electron chi connectivity index (χ2n) is 6.43. The Hall–Kier alpha value is -2.58. The van der Waals surface area contributed by atoms with Crippen LogP contribution in [0.1, 0.15) is 25.3 Å². The van der Waals surface area contributed by atoms with E-state index in [1.165, 1.54) is 0 Å². The normalized spacial score (nSPS) is 20.8. The first-order chi connectivity index (χ1) is 12.9. The molecule has 1 aromatic carbocycles. The van der Waals surface area contributed by atoms with Crippen molar-refractivity contribution in [2.75, 3.05) is 7.11 Å². The molecule has 0 radical (unpaired) electrons. The van der Waals surface area contributed by atoms with Gasteiger partial charge in [-0.15, -0.1) is 0 Å². The minimum absolute atomic E-state index is 0.281. The van der Waals surface area contributed by atoms with E-state index in [-0.39, 0.29) is 13.0 Å². The zero-order valence-electron chi connectivity index (χ0n) is 15.5. The number of rotatable bonds is 8. The Labute approximate surface area is 159 Å². The molecule has 7 nitrogen and oxygen atoms in total. The Bertz CT molecular complexity index is 735. The maximum atomic E-state index is 12.4. The molecule has 0 saturated heterocycles. The summed E-state index contributed by atoms with van der Waals surface area (Å²) in [5.41, 5.74) is -0.0791. The quantitative estimate of drug-likeness (QED) is 0.401. The van der Waals surface area contributed by atoms with Gasteiger partial charge in [0, 0.05) is 12.4 Å². The molecule has 8 heteroatoms. The van der Waals surface area contributed by atoms with E-state index in [0.717, 1.165) is 5.56 Å². The molecular formula is C19H25BN2O5. The van der Waals surface area contributed by atoms with Crippen molar-refractivity contribution in [2.45, 2.75) is 37.7 Å². The average molecular weight is 372 g/mol. The van der Waals surface area contributed by atoms with E-state index in [1.54, 1.807) is 43.5 Å². The Kier molecular flexibility index (Phi) is 7.21. The molecule has 0 saturated carbocycles. The molecule has 0 bridgehead atoms. The minimum Gasteiger partial charge on any atom is -0.497 e. The van der Waals surface area contributed by atoms with Gasteiger partial charge in [0.2, 0.25) is 11.8 Å². The van der Waals surface area contributed by atoms with Crippen LogP contribution in [0.5, 0.6) is 5.75 Å². The van der Waals surface area contributed by atoms with Gasteiger partial charge < -0.3 is 25.4 Å². The molecule has 0 aromatic heterocycles. The Morgan fingerprint density at radius 3 is 2.70 bits per heavy atom. The number of methoxy groups -OCH3 is 1. The van der Waals surface area contributed by atoms with Crippen LogP contribution in [0.4, 0.5) is 0 Å². The molecule has 1 aliphatic rings. The maximum absolute atomic E-state index is 12.4. The van der Waals surface area contributed by atoms with Crippen molar-refractivity contribution in [1.82, 2.24) is 10.6 Å². The Morgan fingerprint density at radius 1 is 1.26 bits per heavy atom. The van der Waals surface area contributed by atoms with E-state index in [1.807, 2.05) is 19.1 Å². The van der Waals surface area contributed by atoms with Gasteiger partial charge in [-0.05, 0) is 24.1 Å². The van der Waals surface area contributed by atoms with Crippen LogP contribution in [-0.2, 0) is 16.1 Å². The maximum Gasteiger partial charge on any atom is 0.461 e. The van der Waals surface area contributed by atoms with Gasteiger partial charge in [0.25, 0.3) is 0 Å². The first kappa shape index (κ1) is 20.7. The Morgan fingerprint density at radius 2 is 2.04 bits per heavy atom. The summed E-state index contributed by atoms with van der Waals surface area (Å²) in [6.07, 6.45) is 6.90. The molecule has 27 heavy (non-hydrogen) atoms. The fraction of sp³-hybridized carbons (Fsp3) is 0.368. The van der Waals surface area contributed by atoms with Crippen molar-refractivity contribution in [2.24, 2.45) is 0 Å². The number of ether oxygens (including phenoxy) is 1. The fourth-order valence-corrected chi connectivity index (χ4v) is 3.12. The van der Waals surface area contributed by atoms with Gasteiger partial charge in [-0.1, -0.05) is 43.4 Å². The van der Waals surface area contributed by atoms with Crippen LogP contribution < -0.4 is 15.4 Å². The molecule has 144 valence electrons. The molecule has 2 amide bonds. The highest BCUT2D eigenvalue weighted by atomic mass is 16.5. The summed E-state index contributed by atoms with van der Waals surface area (Å²) in [4.78, 5) is 24.4. The van der Waals surface area contributed by atoms with E-state index in [9.17, 15) is 19.6 Å². The topological polar surface area (TPSA) is 108 Å². The van der Waals surface area contributed by atoms with Crippen molar-refractivity contribution in [3.05, 3.63) is 54.1 Å². The SMILES string of the molecule is CC[C@]1(NC(=O)CC(=O)NCc2cccc(OC)c2)C=CC=CC1B(O)O. The van der Waals surface area contributed by atoms with Gasteiger partial charge in [-0.2, -0.15) is 0 Å². The zero-order valence-corrected chi connectivity index (χ0v) is 15.5. The molecule has 2 rings (SSSR count). The van der Waals surface area contributed by atoms with E-state index in [0.29, 0.717) is 12.2 Å². The molecule has 0 spiro atoms. The Balaban J connectivity index is 1.92. The number of amides is 2. The molecule has 0 aliphatic heterocycles. The van der Waals surface area contributed by atoms with Gasteiger partial charge in [0.1, 0.15) is 12.2 Å². The fourth-order valence-electron chi connectivity index (χ4n) is 3.12. The standard InChI is InChI=1S/C19H25BN2O5/c1-3-19(10-5-4-9-16(19)20(25)26)22-18(24)12-17(23)21-13-14-7-6-8-15(11-14)27-2/h4-11,16,25-26H,3,12-13H2,1-2H3,(H,21,23)(H,22,24)/t16?,19-/m0/s1. The molecule has 0 heterocycles. The van der Waals surface area contributed by atoms with E-state index in [2.05, 4.69) is 10.6 Å². The monoisotopic (exact) mass is 372 g/mol. The summed E-state index contributed by atoms with van der Waals surface area (Å²) in [6.45, 7) is 2.12. The molecule has 2 atom stereocenters. The van der Waals surface area contributed by atoms with Crippen molar-refractivity contribution >= 4 is 18.9 Å². The number of nitrogens with one attached hydrogen (secondary N) is 2. The van der Waals surface area contributed by atoms with Crippen LogP contribution in [0.3, 0.4) is 0 Å². The lowest BCUT2D eigenvalue weighted by Gasteiger charge is -2.38. The van der Waals surface area contributed by atoms with Crippen LogP contribution in [0.15, 0.2) is 48.6 Å². The highest BCUT2D eigenvalue weighted by molar-refractivity contribution is 6.44. The zero-order chi connectivity index (χ0) is 19.9. The lowest BCUT2D eigenvalue weighted by Crippen LogP contribution is -2.54. The third-order valence-electron chi connectivity index (χ3n) is 4.64. The van der Waals surface area contributed by atoms with Crippen LogP contribution >= 0.6 is 0 Å². The van der Waals surface area contributed by atoms with Crippen LogP contribution in [0.25, 0.3) is 0 Å². The number of allylic oxidation sites excluding steroid dienone is 2. The lowest BCUT2D eigenvalue weighted by molar-refractivity contribution is -0.130. The molecule has 1 unspecified atom stereocenters. The summed E-state index contributed by atoms with van der Waals surface area (Å²) < 4.78 is 5.13. The second-order valence-corrected chi connectivity index (χ2v) is 6.43. The third kappa shape index (κ3) is 5.45. The number of carbonyl (C=O) groups is 2. The average Bonchev–Trinajstić information content (AvgIpc) is 2.66. The summed E-state index contributed by atoms with van der Waals surface area (Å²) in [5, 5.41) is 24.7. The smallest absolute Gasteiger partial charge is 0.461 e. The van der Waals surface area contributed by atoms with Gasteiger partial charge in [0.05, 0.1) is 12.6 Å². The first-order valence-electron chi connectivity index (χ1n) is 8.83. The van der Waals surface area contributed by atoms with E-state index in [4.69, 9.17) is 4.74 Å². The van der Waals surface area contributed by atoms with Gasteiger partial charge in [0.15, 0.2) is 0 Å². The third-order valence-corrected chi connectivity index (χ3v) is 4.64. The lowest BCUT2D eigenvalue weighted by atomic mass is 9.59. The van der Waals surface area contributed by atoms with Crippen LogP contribution in [0, 0.1) is 0 Å². The predicted octanol–water partition coefficient (Wildman–Crippen LogP) is 0.935.